The second-order valence-electron chi connectivity index (χ2n) is 9.85. The van der Waals surface area contributed by atoms with E-state index in [-0.39, 0.29) is 54.9 Å². The molecule has 0 bridgehead atoms. The van der Waals surface area contributed by atoms with Crippen molar-refractivity contribution in [1.29, 1.82) is 0 Å². The largest absolute Gasteiger partial charge is 0.445 e. The summed E-state index contributed by atoms with van der Waals surface area (Å²) in [5, 5.41) is 21.4. The number of ether oxygens (including phenoxy) is 2. The second kappa shape index (κ2) is 12.8. The quantitative estimate of drug-likeness (QED) is 0.277. The smallest absolute Gasteiger partial charge is 0.410 e. The van der Waals surface area contributed by atoms with Crippen LogP contribution in [0.25, 0.3) is 0 Å². The number of benzene rings is 2. The van der Waals surface area contributed by atoms with E-state index in [9.17, 15) is 34.6 Å². The lowest BCUT2D eigenvalue weighted by Gasteiger charge is -2.31. The van der Waals surface area contributed by atoms with Crippen LogP contribution in [0.15, 0.2) is 48.5 Å². The maximum Gasteiger partial charge on any atom is 0.410 e. The van der Waals surface area contributed by atoms with Crippen molar-refractivity contribution in [3.05, 3.63) is 79.9 Å². The van der Waals surface area contributed by atoms with Gasteiger partial charge < -0.3 is 19.3 Å². The summed E-state index contributed by atoms with van der Waals surface area (Å²) < 4.78 is 10.7. The number of likely N-dealkylation sites (tertiary alicyclic amines) is 2. The van der Waals surface area contributed by atoms with Crippen molar-refractivity contribution in [3.8, 4) is 0 Å². The molecule has 2 fully saturated rings. The third kappa shape index (κ3) is 7.22. The van der Waals surface area contributed by atoms with Gasteiger partial charge in [-0.3, -0.25) is 29.9 Å². The molecule has 0 aromatic heterocycles. The van der Waals surface area contributed by atoms with Gasteiger partial charge in [0.05, 0.1) is 15.9 Å². The van der Waals surface area contributed by atoms with E-state index in [1.807, 2.05) is 0 Å². The lowest BCUT2D eigenvalue weighted by atomic mass is 10.1. The van der Waals surface area contributed by atoms with Crippen LogP contribution in [0.3, 0.4) is 0 Å². The van der Waals surface area contributed by atoms with E-state index in [0.29, 0.717) is 30.5 Å². The fourth-order valence-corrected chi connectivity index (χ4v) is 5.16. The average molecular weight is 588 g/mol. The van der Waals surface area contributed by atoms with Gasteiger partial charge in [0, 0.05) is 56.2 Å². The van der Waals surface area contributed by atoms with Crippen LogP contribution < -0.4 is 0 Å². The summed E-state index contributed by atoms with van der Waals surface area (Å²) in [4.78, 5) is 63.8. The molecule has 0 unspecified atom stereocenters. The third-order valence-corrected chi connectivity index (χ3v) is 7.51. The second-order valence-corrected chi connectivity index (χ2v) is 10.6. The minimum atomic E-state index is -0.782. The number of carbonyl (C=O) groups excluding carboxylic acids is 3. The van der Waals surface area contributed by atoms with Crippen molar-refractivity contribution >= 4 is 42.1 Å². The molecule has 2 saturated heterocycles. The molecule has 15 heteroatoms. The zero-order valence-electron chi connectivity index (χ0n) is 22.2. The van der Waals surface area contributed by atoms with Gasteiger partial charge >= 0.3 is 12.2 Å². The molecule has 2 heterocycles. The zero-order chi connectivity index (χ0) is 29.7. The first-order valence-electron chi connectivity index (χ1n) is 12.8. The van der Waals surface area contributed by atoms with Gasteiger partial charge in [0.15, 0.2) is 0 Å². The standard InChI is InChI=1S/C26H29N5O9S/c1-27(21-10-11-28(13-21)25(33)39-15-17-2-6-19(7-3-17)30(35)36)24(32)23-12-22(41)14-29(23)26(34)40-16-18-4-8-20(9-5-18)31(37)38/h2-9,21-23,41H,10-16H2,1H3/t21-,22-,23-/m0/s1. The van der Waals surface area contributed by atoms with E-state index in [1.165, 1.54) is 63.2 Å². The van der Waals surface area contributed by atoms with E-state index in [1.54, 1.807) is 7.05 Å². The topological polar surface area (TPSA) is 166 Å². The number of nitro benzene ring substituents is 2. The van der Waals surface area contributed by atoms with Crippen LogP contribution in [-0.2, 0) is 27.5 Å². The highest BCUT2D eigenvalue weighted by molar-refractivity contribution is 7.81. The highest BCUT2D eigenvalue weighted by atomic mass is 32.1. The summed E-state index contributed by atoms with van der Waals surface area (Å²) in [5.74, 6) is -0.292. The Morgan fingerprint density at radius 3 is 1.93 bits per heavy atom. The lowest BCUT2D eigenvalue weighted by molar-refractivity contribution is -0.385. The maximum absolute atomic E-state index is 13.4. The van der Waals surface area contributed by atoms with Crippen molar-refractivity contribution in [3.63, 3.8) is 0 Å². The highest BCUT2D eigenvalue weighted by Crippen LogP contribution is 2.27. The van der Waals surface area contributed by atoms with Gasteiger partial charge in [-0.15, -0.1) is 0 Å². The van der Waals surface area contributed by atoms with Crippen molar-refractivity contribution in [1.82, 2.24) is 14.7 Å². The van der Waals surface area contributed by atoms with Gasteiger partial charge in [-0.25, -0.2) is 9.59 Å². The molecule has 0 radical (unpaired) electrons. The normalized spacial score (nSPS) is 20.0. The van der Waals surface area contributed by atoms with Crippen LogP contribution in [0.1, 0.15) is 24.0 Å². The van der Waals surface area contributed by atoms with E-state index >= 15 is 0 Å². The predicted molar refractivity (Wildman–Crippen MR) is 147 cm³/mol. The molecule has 0 spiro atoms. The number of non-ortho nitro benzene ring substituents is 2. The van der Waals surface area contributed by atoms with E-state index in [2.05, 4.69) is 12.6 Å². The predicted octanol–water partition coefficient (Wildman–Crippen LogP) is 3.38. The van der Waals surface area contributed by atoms with Gasteiger partial charge in [-0.2, -0.15) is 12.6 Å². The Morgan fingerprint density at radius 2 is 1.41 bits per heavy atom. The van der Waals surface area contributed by atoms with Crippen molar-refractivity contribution in [2.75, 3.05) is 26.7 Å². The van der Waals surface area contributed by atoms with Gasteiger partial charge in [0.2, 0.25) is 5.91 Å². The van der Waals surface area contributed by atoms with Crippen LogP contribution >= 0.6 is 12.6 Å². The number of thiol groups is 1. The summed E-state index contributed by atoms with van der Waals surface area (Å²) in [7, 11) is 1.63. The molecule has 3 amide bonds. The van der Waals surface area contributed by atoms with Crippen molar-refractivity contribution < 1.29 is 33.7 Å². The molecule has 2 aromatic rings. The Morgan fingerprint density at radius 1 is 0.902 bits per heavy atom. The molecule has 0 aliphatic carbocycles. The molecule has 218 valence electrons. The van der Waals surface area contributed by atoms with Crippen LogP contribution in [0.2, 0.25) is 0 Å². The minimum Gasteiger partial charge on any atom is -0.445 e. The first-order valence-corrected chi connectivity index (χ1v) is 13.3. The van der Waals surface area contributed by atoms with Crippen LogP contribution in [0.4, 0.5) is 21.0 Å². The van der Waals surface area contributed by atoms with E-state index in [0.717, 1.165) is 0 Å². The summed E-state index contributed by atoms with van der Waals surface area (Å²) in [5.41, 5.74) is 1.04. The molecule has 2 aliphatic heterocycles. The van der Waals surface area contributed by atoms with E-state index in [4.69, 9.17) is 9.47 Å². The Balaban J connectivity index is 1.28. The van der Waals surface area contributed by atoms with Gasteiger partial charge in [-0.1, -0.05) is 0 Å². The van der Waals surface area contributed by atoms with E-state index < -0.39 is 28.1 Å². The number of nitrogens with zero attached hydrogens (tertiary/aromatic N) is 5. The Kier molecular flexibility index (Phi) is 9.27. The number of likely N-dealkylation sites (N-methyl/N-ethyl adjacent to an activating group) is 1. The van der Waals surface area contributed by atoms with Gasteiger partial charge in [0.25, 0.3) is 11.4 Å². The number of rotatable bonds is 8. The van der Waals surface area contributed by atoms with Crippen LogP contribution in [-0.4, -0.2) is 86.7 Å². The zero-order valence-corrected chi connectivity index (χ0v) is 23.1. The lowest BCUT2D eigenvalue weighted by Crippen LogP contribution is -2.50. The SMILES string of the molecule is CN(C(=O)[C@@H]1C[C@H](S)CN1C(=O)OCc1ccc([N+](=O)[O-])cc1)[C@H]1CCN(C(=O)OCc2ccc([N+](=O)[O-])cc2)C1. The van der Waals surface area contributed by atoms with Gasteiger partial charge in [-0.05, 0) is 48.2 Å². The summed E-state index contributed by atoms with van der Waals surface area (Å²) in [6, 6.07) is 10.3. The summed E-state index contributed by atoms with van der Waals surface area (Å²) >= 11 is 4.47. The fourth-order valence-electron chi connectivity index (χ4n) is 4.78. The molecule has 14 nitrogen and oxygen atoms in total. The number of hydrogen-bond acceptors (Lipinski definition) is 10. The molecular weight excluding hydrogens is 558 g/mol. The van der Waals surface area contributed by atoms with Crippen LogP contribution in [0, 0.1) is 20.2 Å². The Bertz CT molecular complexity index is 1310. The number of nitro groups is 2. The first-order chi connectivity index (χ1) is 19.5. The average Bonchev–Trinajstić information content (AvgIpc) is 3.61. The number of carbonyl (C=O) groups is 3. The molecular formula is C26H29N5O9S. The fraction of sp³-hybridized carbons (Fsp3) is 0.423. The van der Waals surface area contributed by atoms with Crippen LogP contribution in [0.5, 0.6) is 0 Å². The molecule has 0 N–H and O–H groups in total. The summed E-state index contributed by atoms with van der Waals surface area (Å²) in [6.07, 6.45) is -0.378. The molecule has 4 rings (SSSR count). The molecule has 41 heavy (non-hydrogen) atoms. The van der Waals surface area contributed by atoms with Crippen molar-refractivity contribution in [2.24, 2.45) is 0 Å². The molecule has 3 atom stereocenters. The molecule has 0 saturated carbocycles. The summed E-state index contributed by atoms with van der Waals surface area (Å²) in [6.45, 7) is 0.694. The number of hydrogen-bond donors (Lipinski definition) is 1. The minimum absolute atomic E-state index is 0.0465. The van der Waals surface area contributed by atoms with Crippen molar-refractivity contribution in [2.45, 2.75) is 43.4 Å². The Hall–Kier alpha value is -4.40. The first kappa shape index (κ1) is 29.6. The Labute approximate surface area is 240 Å². The van der Waals surface area contributed by atoms with Gasteiger partial charge in [0.1, 0.15) is 19.3 Å². The molecule has 2 aromatic carbocycles. The maximum atomic E-state index is 13.4. The third-order valence-electron chi connectivity index (χ3n) is 7.13. The monoisotopic (exact) mass is 587 g/mol. The number of amides is 3. The highest BCUT2D eigenvalue weighted by Gasteiger charge is 2.43. The molecule has 2 aliphatic rings.